The maximum atomic E-state index is 13.8. The van der Waals surface area contributed by atoms with Crippen LogP contribution < -0.4 is 0 Å². The van der Waals surface area contributed by atoms with Gasteiger partial charge in [0, 0.05) is 11.1 Å². The number of hydrogen-bond donors (Lipinski definition) is 0. The van der Waals surface area contributed by atoms with Crippen LogP contribution in [0.1, 0.15) is 12.5 Å². The van der Waals surface area contributed by atoms with E-state index in [-0.39, 0.29) is 12.1 Å². The van der Waals surface area contributed by atoms with Crippen molar-refractivity contribution in [2.75, 3.05) is 0 Å². The lowest BCUT2D eigenvalue weighted by Gasteiger charge is -2.10. The first kappa shape index (κ1) is 12.9. The number of aromatic nitrogens is 3. The molecule has 0 unspecified atom stereocenters. The maximum Gasteiger partial charge on any atom is 0.137 e. The fraction of sp³-hybridized carbons (Fsp3) is 0.154. The number of rotatable bonds is 3. The lowest BCUT2D eigenvalue weighted by molar-refractivity contribution is 0.594. The fourth-order valence-electron chi connectivity index (χ4n) is 1.68. The van der Waals surface area contributed by atoms with Crippen LogP contribution in [-0.4, -0.2) is 14.8 Å². The largest absolute Gasteiger partial charge is 0.248 e. The highest BCUT2D eigenvalue weighted by Gasteiger charge is 2.13. The first-order valence-electron chi connectivity index (χ1n) is 5.49. The zero-order chi connectivity index (χ0) is 13.8. The molecule has 0 aliphatic carbocycles. The fourth-order valence-corrected chi connectivity index (χ4v) is 1.68. The van der Waals surface area contributed by atoms with Gasteiger partial charge in [-0.15, -0.1) is 0 Å². The van der Waals surface area contributed by atoms with Gasteiger partial charge in [0.2, 0.25) is 0 Å². The zero-order valence-corrected chi connectivity index (χ0v) is 10.1. The van der Waals surface area contributed by atoms with Crippen molar-refractivity contribution < 1.29 is 8.78 Å². The van der Waals surface area contributed by atoms with Gasteiger partial charge >= 0.3 is 0 Å². The normalized spacial score (nSPS) is 11.9. The average molecular weight is 260 g/mol. The number of allylic oxidation sites excluding steroid dienone is 2. The summed E-state index contributed by atoms with van der Waals surface area (Å²) >= 11 is 0. The standard InChI is InChI=1S/C13H10F2N4/c1-9(5-16)12(6-19-8-17-7-18-19)11-4-10(14)2-3-13(11)15/h2-4,7-8H,6H2,1H3. The van der Waals surface area contributed by atoms with Gasteiger partial charge < -0.3 is 0 Å². The van der Waals surface area contributed by atoms with E-state index >= 15 is 0 Å². The quantitative estimate of drug-likeness (QED) is 0.797. The van der Waals surface area contributed by atoms with E-state index < -0.39 is 11.6 Å². The predicted molar refractivity (Wildman–Crippen MR) is 64.6 cm³/mol. The van der Waals surface area contributed by atoms with E-state index in [2.05, 4.69) is 10.1 Å². The SMILES string of the molecule is CC(C#N)=C(Cn1cncn1)c1cc(F)ccc1F. The molecule has 0 fully saturated rings. The molecule has 19 heavy (non-hydrogen) atoms. The van der Waals surface area contributed by atoms with E-state index in [1.54, 1.807) is 6.92 Å². The molecular weight excluding hydrogens is 250 g/mol. The van der Waals surface area contributed by atoms with Gasteiger partial charge in [-0.3, -0.25) is 0 Å². The van der Waals surface area contributed by atoms with Crippen LogP contribution in [0.3, 0.4) is 0 Å². The number of halogens is 2. The van der Waals surface area contributed by atoms with E-state index in [0.29, 0.717) is 11.1 Å². The van der Waals surface area contributed by atoms with Crippen molar-refractivity contribution >= 4 is 5.57 Å². The first-order valence-corrected chi connectivity index (χ1v) is 5.49. The van der Waals surface area contributed by atoms with Crippen molar-refractivity contribution in [2.45, 2.75) is 13.5 Å². The number of nitriles is 1. The van der Waals surface area contributed by atoms with E-state index in [9.17, 15) is 8.78 Å². The Kier molecular flexibility index (Phi) is 3.66. The number of benzene rings is 1. The second-order valence-corrected chi connectivity index (χ2v) is 3.93. The molecule has 0 aliphatic heterocycles. The van der Waals surface area contributed by atoms with Crippen molar-refractivity contribution in [1.29, 1.82) is 5.26 Å². The zero-order valence-electron chi connectivity index (χ0n) is 10.1. The number of hydrogen-bond acceptors (Lipinski definition) is 3. The van der Waals surface area contributed by atoms with Crippen molar-refractivity contribution in [3.63, 3.8) is 0 Å². The van der Waals surface area contributed by atoms with Gasteiger partial charge in [-0.05, 0) is 30.7 Å². The summed E-state index contributed by atoms with van der Waals surface area (Å²) in [7, 11) is 0. The molecule has 0 spiro atoms. The van der Waals surface area contributed by atoms with Crippen LogP contribution in [0.5, 0.6) is 0 Å². The molecule has 1 heterocycles. The van der Waals surface area contributed by atoms with Crippen molar-refractivity contribution in [3.05, 3.63) is 53.6 Å². The molecule has 0 saturated heterocycles. The third-order valence-electron chi connectivity index (χ3n) is 2.66. The van der Waals surface area contributed by atoms with Gasteiger partial charge in [0.15, 0.2) is 0 Å². The molecule has 0 saturated carbocycles. The molecule has 0 radical (unpaired) electrons. The second-order valence-electron chi connectivity index (χ2n) is 3.93. The topological polar surface area (TPSA) is 54.5 Å². The van der Waals surface area contributed by atoms with Crippen LogP contribution in [0.4, 0.5) is 8.78 Å². The minimum absolute atomic E-state index is 0.0644. The van der Waals surface area contributed by atoms with E-state index in [1.807, 2.05) is 6.07 Å². The number of nitrogens with zero attached hydrogens (tertiary/aromatic N) is 4. The molecule has 96 valence electrons. The molecule has 0 aliphatic rings. The Hall–Kier alpha value is -2.55. The lowest BCUT2D eigenvalue weighted by atomic mass is 10.0. The van der Waals surface area contributed by atoms with E-state index in [1.165, 1.54) is 17.3 Å². The minimum atomic E-state index is -0.578. The molecule has 0 N–H and O–H groups in total. The monoisotopic (exact) mass is 260 g/mol. The molecule has 4 nitrogen and oxygen atoms in total. The molecular formula is C13H10F2N4. The van der Waals surface area contributed by atoms with Gasteiger partial charge in [-0.25, -0.2) is 18.4 Å². The Bertz CT molecular complexity index is 654. The molecule has 2 aromatic rings. The van der Waals surface area contributed by atoms with Crippen LogP contribution in [0.2, 0.25) is 0 Å². The van der Waals surface area contributed by atoms with Crippen LogP contribution in [0.15, 0.2) is 36.4 Å². The Balaban J connectivity index is 2.51. The molecule has 0 atom stereocenters. The Morgan fingerprint density at radius 2 is 2.21 bits per heavy atom. The lowest BCUT2D eigenvalue weighted by Crippen LogP contribution is -2.05. The van der Waals surface area contributed by atoms with Crippen molar-refractivity contribution in [3.8, 4) is 6.07 Å². The molecule has 0 amide bonds. The molecule has 2 rings (SSSR count). The maximum absolute atomic E-state index is 13.8. The average Bonchev–Trinajstić information content (AvgIpc) is 2.91. The van der Waals surface area contributed by atoms with E-state index in [0.717, 1.165) is 18.2 Å². The summed E-state index contributed by atoms with van der Waals surface area (Å²) in [5, 5.41) is 12.9. The summed E-state index contributed by atoms with van der Waals surface area (Å²) in [5.74, 6) is -1.13. The van der Waals surface area contributed by atoms with Crippen LogP contribution in [0, 0.1) is 23.0 Å². The summed E-state index contributed by atoms with van der Waals surface area (Å²) in [6, 6.07) is 5.10. The Labute approximate surface area is 108 Å². The highest BCUT2D eigenvalue weighted by Crippen LogP contribution is 2.24. The van der Waals surface area contributed by atoms with Gasteiger partial charge in [-0.1, -0.05) is 0 Å². The summed E-state index contributed by atoms with van der Waals surface area (Å²) in [5.41, 5.74) is 0.750. The summed E-state index contributed by atoms with van der Waals surface area (Å²) in [4.78, 5) is 3.77. The molecule has 0 bridgehead atoms. The summed E-state index contributed by atoms with van der Waals surface area (Å²) < 4.78 is 28.5. The van der Waals surface area contributed by atoms with Crippen molar-refractivity contribution in [2.24, 2.45) is 0 Å². The van der Waals surface area contributed by atoms with Gasteiger partial charge in [-0.2, -0.15) is 10.4 Å². The van der Waals surface area contributed by atoms with Gasteiger partial charge in [0.05, 0.1) is 12.6 Å². The van der Waals surface area contributed by atoms with Crippen molar-refractivity contribution in [1.82, 2.24) is 14.8 Å². The van der Waals surface area contributed by atoms with E-state index in [4.69, 9.17) is 5.26 Å². The van der Waals surface area contributed by atoms with Crippen LogP contribution in [-0.2, 0) is 6.54 Å². The Morgan fingerprint density at radius 3 is 2.84 bits per heavy atom. The molecule has 1 aromatic heterocycles. The van der Waals surface area contributed by atoms with Crippen LogP contribution >= 0.6 is 0 Å². The third kappa shape index (κ3) is 2.83. The van der Waals surface area contributed by atoms with Gasteiger partial charge in [0.1, 0.15) is 24.3 Å². The smallest absolute Gasteiger partial charge is 0.137 e. The summed E-state index contributed by atoms with van der Waals surface area (Å²) in [6.07, 6.45) is 2.78. The van der Waals surface area contributed by atoms with Crippen LogP contribution in [0.25, 0.3) is 5.57 Å². The molecule has 1 aromatic carbocycles. The highest BCUT2D eigenvalue weighted by atomic mass is 19.1. The minimum Gasteiger partial charge on any atom is -0.248 e. The second kappa shape index (κ2) is 5.40. The van der Waals surface area contributed by atoms with Gasteiger partial charge in [0.25, 0.3) is 0 Å². The first-order chi connectivity index (χ1) is 9.11. The molecule has 6 heteroatoms. The highest BCUT2D eigenvalue weighted by molar-refractivity contribution is 5.71. The third-order valence-corrected chi connectivity index (χ3v) is 2.66. The Morgan fingerprint density at radius 1 is 1.42 bits per heavy atom. The predicted octanol–water partition coefficient (Wildman–Crippen LogP) is 2.55. The summed E-state index contributed by atoms with van der Waals surface area (Å²) in [6.45, 7) is 1.70.